The van der Waals surface area contributed by atoms with Crippen molar-refractivity contribution in [2.75, 3.05) is 0 Å². The molecule has 0 saturated heterocycles. The number of halogens is 3. The van der Waals surface area contributed by atoms with Gasteiger partial charge in [0.25, 0.3) is 5.91 Å². The summed E-state index contributed by atoms with van der Waals surface area (Å²) in [6, 6.07) is 6.39. The van der Waals surface area contributed by atoms with Crippen LogP contribution in [-0.4, -0.2) is 34.2 Å². The van der Waals surface area contributed by atoms with Crippen molar-refractivity contribution in [3.05, 3.63) is 53.5 Å². The highest BCUT2D eigenvalue weighted by molar-refractivity contribution is 5.94. The summed E-state index contributed by atoms with van der Waals surface area (Å²) in [7, 11) is 0. The van der Waals surface area contributed by atoms with Crippen LogP contribution in [0.15, 0.2) is 47.9 Å². The van der Waals surface area contributed by atoms with Crippen LogP contribution in [0.3, 0.4) is 0 Å². The van der Waals surface area contributed by atoms with Crippen LogP contribution in [0.1, 0.15) is 38.2 Å². The minimum absolute atomic E-state index is 0.116. The van der Waals surface area contributed by atoms with Gasteiger partial charge in [0.05, 0.1) is 0 Å². The van der Waals surface area contributed by atoms with Crippen molar-refractivity contribution in [2.24, 2.45) is 0 Å². The lowest BCUT2D eigenvalue weighted by atomic mass is 9.97. The van der Waals surface area contributed by atoms with Gasteiger partial charge >= 0.3 is 6.18 Å². The molecule has 138 valence electrons. The number of nitrogens with zero attached hydrogens (tertiary/aromatic N) is 2. The van der Waals surface area contributed by atoms with Crippen LogP contribution in [0.25, 0.3) is 5.57 Å². The predicted octanol–water partition coefficient (Wildman–Crippen LogP) is 3.79. The molecule has 1 unspecified atom stereocenters. The van der Waals surface area contributed by atoms with Crippen molar-refractivity contribution in [3.8, 4) is 0 Å². The van der Waals surface area contributed by atoms with Gasteiger partial charge in [0.15, 0.2) is 6.04 Å². The van der Waals surface area contributed by atoms with Crippen molar-refractivity contribution < 1.29 is 18.0 Å². The van der Waals surface area contributed by atoms with Gasteiger partial charge in [0.1, 0.15) is 5.82 Å². The predicted molar refractivity (Wildman–Crippen MR) is 91.0 cm³/mol. The molecule has 4 nitrogen and oxygen atoms in total. The number of carbonyl (C=O) groups excluding carboxylic acids is 1. The summed E-state index contributed by atoms with van der Waals surface area (Å²) in [6.45, 7) is 1.69. The highest BCUT2D eigenvalue weighted by Gasteiger charge is 2.57. The van der Waals surface area contributed by atoms with Crippen LogP contribution in [0.5, 0.6) is 0 Å². The van der Waals surface area contributed by atoms with E-state index in [-0.39, 0.29) is 17.4 Å². The zero-order valence-corrected chi connectivity index (χ0v) is 14.4. The zero-order valence-electron chi connectivity index (χ0n) is 14.4. The first-order chi connectivity index (χ1) is 12.4. The molecule has 1 fully saturated rings. The highest BCUT2D eigenvalue weighted by atomic mass is 19.4. The Morgan fingerprint density at radius 1 is 1.12 bits per heavy atom. The maximum atomic E-state index is 14.2. The van der Waals surface area contributed by atoms with Crippen LogP contribution in [0.4, 0.5) is 13.2 Å². The van der Waals surface area contributed by atoms with Gasteiger partial charge in [0.2, 0.25) is 0 Å². The van der Waals surface area contributed by atoms with Gasteiger partial charge in [-0.3, -0.25) is 4.79 Å². The molecule has 1 atom stereocenters. The molecular formula is C19H20F3N3O. The van der Waals surface area contributed by atoms with Crippen LogP contribution < -0.4 is 5.32 Å². The minimum Gasteiger partial charge on any atom is -0.344 e. The lowest BCUT2D eigenvalue weighted by Crippen LogP contribution is -2.56. The van der Waals surface area contributed by atoms with Gasteiger partial charge in [0, 0.05) is 23.4 Å². The number of alkyl halides is 3. The molecule has 3 aliphatic rings. The third-order valence-electron chi connectivity index (χ3n) is 5.19. The number of hydrazine groups is 1. The van der Waals surface area contributed by atoms with E-state index in [1.165, 1.54) is 16.1 Å². The number of hydrogen-bond donors (Lipinski definition) is 1. The fraction of sp³-hybridized carbons (Fsp3) is 0.421. The molecule has 0 bridgehead atoms. The third-order valence-corrected chi connectivity index (χ3v) is 5.19. The normalized spacial score (nSPS) is 24.8. The number of rotatable bonds is 2. The van der Waals surface area contributed by atoms with Gasteiger partial charge in [-0.25, -0.2) is 5.01 Å². The second-order valence-corrected chi connectivity index (χ2v) is 6.99. The monoisotopic (exact) mass is 363 g/mol. The van der Waals surface area contributed by atoms with Gasteiger partial charge in [-0.1, -0.05) is 43.2 Å². The Bertz CT molecular complexity index is 779. The van der Waals surface area contributed by atoms with E-state index in [1.54, 1.807) is 37.3 Å². The molecule has 1 aromatic rings. The number of benzene rings is 1. The molecule has 7 heteroatoms. The molecule has 0 radical (unpaired) electrons. The van der Waals surface area contributed by atoms with Crippen LogP contribution in [0, 0.1) is 0 Å². The third kappa shape index (κ3) is 2.70. The number of hydrogen-bond acceptors (Lipinski definition) is 3. The highest BCUT2D eigenvalue weighted by Crippen LogP contribution is 2.47. The summed E-state index contributed by atoms with van der Waals surface area (Å²) in [5.41, 5.74) is 1.14. The van der Waals surface area contributed by atoms with E-state index in [4.69, 9.17) is 0 Å². The molecule has 26 heavy (non-hydrogen) atoms. The standard InChI is InChI=1S/C19H20F3N3O/c1-12-11-15(26)25-18(23-12)16(13-7-3-2-4-8-13)17(19(20,21)22)24(25)14-9-5-6-10-14/h2-4,7-8,11,14,17,23H,5-6,9-10H2,1H3. The first-order valence-corrected chi connectivity index (χ1v) is 8.82. The molecule has 1 aliphatic carbocycles. The Labute approximate surface area is 149 Å². The quantitative estimate of drug-likeness (QED) is 0.868. The topological polar surface area (TPSA) is 35.6 Å². The Hall–Kier alpha value is -2.28. The largest absolute Gasteiger partial charge is 0.410 e. The molecular weight excluding hydrogens is 343 g/mol. The lowest BCUT2D eigenvalue weighted by molar-refractivity contribution is -0.202. The second kappa shape index (κ2) is 6.16. The molecule has 2 heterocycles. The zero-order chi connectivity index (χ0) is 18.5. The van der Waals surface area contributed by atoms with Crippen LogP contribution in [0.2, 0.25) is 0 Å². The lowest BCUT2D eigenvalue weighted by Gasteiger charge is -2.39. The Morgan fingerprint density at radius 2 is 1.77 bits per heavy atom. The average molecular weight is 363 g/mol. The minimum atomic E-state index is -4.49. The first-order valence-electron chi connectivity index (χ1n) is 8.82. The van der Waals surface area contributed by atoms with E-state index < -0.39 is 18.1 Å². The molecule has 1 amide bonds. The fourth-order valence-corrected chi connectivity index (χ4v) is 4.19. The SMILES string of the molecule is CC1=CC(=O)N2C(=C(c3ccccc3)C(C(F)(F)F)N2C2CCCC2)N1. The number of carbonyl (C=O) groups is 1. The van der Waals surface area contributed by atoms with Crippen molar-refractivity contribution in [1.29, 1.82) is 0 Å². The molecule has 2 aliphatic heterocycles. The summed E-state index contributed by atoms with van der Waals surface area (Å²) >= 11 is 0. The first kappa shape index (κ1) is 17.1. The van der Waals surface area contributed by atoms with E-state index in [1.807, 2.05) is 0 Å². The maximum absolute atomic E-state index is 14.2. The Morgan fingerprint density at radius 3 is 2.38 bits per heavy atom. The number of allylic oxidation sites excluding steroid dienone is 1. The summed E-state index contributed by atoms with van der Waals surface area (Å²) in [4.78, 5) is 12.7. The summed E-state index contributed by atoms with van der Waals surface area (Å²) < 4.78 is 42.6. The molecule has 1 N–H and O–H groups in total. The number of fused-ring (bicyclic) bond motifs is 1. The number of amides is 1. The fourth-order valence-electron chi connectivity index (χ4n) is 4.19. The van der Waals surface area contributed by atoms with Gasteiger partial charge in [-0.2, -0.15) is 18.2 Å². The smallest absolute Gasteiger partial charge is 0.344 e. The summed E-state index contributed by atoms with van der Waals surface area (Å²) in [5.74, 6) is -0.196. The summed E-state index contributed by atoms with van der Waals surface area (Å²) in [6.07, 6.45) is -0.0538. The molecule has 1 aromatic carbocycles. The Kier molecular flexibility index (Phi) is 4.06. The van der Waals surface area contributed by atoms with E-state index in [0.29, 0.717) is 24.1 Å². The summed E-state index contributed by atoms with van der Waals surface area (Å²) in [5, 5.41) is 5.50. The molecule has 1 saturated carbocycles. The molecule has 4 rings (SSSR count). The molecule has 0 aromatic heterocycles. The maximum Gasteiger partial charge on any atom is 0.410 e. The van der Waals surface area contributed by atoms with Crippen molar-refractivity contribution in [2.45, 2.75) is 50.9 Å². The van der Waals surface area contributed by atoms with Gasteiger partial charge in [-0.15, -0.1) is 0 Å². The Balaban J connectivity index is 1.92. The second-order valence-electron chi connectivity index (χ2n) is 6.99. The van der Waals surface area contributed by atoms with Gasteiger partial charge < -0.3 is 5.32 Å². The molecule has 0 spiro atoms. The van der Waals surface area contributed by atoms with E-state index in [2.05, 4.69) is 5.32 Å². The van der Waals surface area contributed by atoms with Crippen LogP contribution >= 0.6 is 0 Å². The van der Waals surface area contributed by atoms with Crippen molar-refractivity contribution in [1.82, 2.24) is 15.3 Å². The van der Waals surface area contributed by atoms with E-state index in [0.717, 1.165) is 12.8 Å². The van der Waals surface area contributed by atoms with E-state index in [9.17, 15) is 18.0 Å². The van der Waals surface area contributed by atoms with Crippen molar-refractivity contribution in [3.63, 3.8) is 0 Å². The van der Waals surface area contributed by atoms with Crippen LogP contribution in [-0.2, 0) is 4.79 Å². The van der Waals surface area contributed by atoms with Gasteiger partial charge in [-0.05, 0) is 25.3 Å². The van der Waals surface area contributed by atoms with E-state index >= 15 is 0 Å². The van der Waals surface area contributed by atoms with Crippen molar-refractivity contribution >= 4 is 11.5 Å². The number of nitrogens with one attached hydrogen (secondary N) is 1. The average Bonchev–Trinajstić information content (AvgIpc) is 3.20.